The molecular weight excluding hydrogens is 368 g/mol. The van der Waals surface area contributed by atoms with Crippen LogP contribution < -0.4 is 4.90 Å². The van der Waals surface area contributed by atoms with Crippen LogP contribution in [-0.2, 0) is 4.74 Å². The van der Waals surface area contributed by atoms with Crippen LogP contribution in [0, 0.1) is 11.8 Å². The molecule has 1 aromatic carbocycles. The summed E-state index contributed by atoms with van der Waals surface area (Å²) in [5.41, 5.74) is 2.98. The second kappa shape index (κ2) is 12.2. The third-order valence-corrected chi connectivity index (χ3v) is 4.88. The number of nitrogens with zero attached hydrogens (tertiary/aromatic N) is 2. The summed E-state index contributed by atoms with van der Waals surface area (Å²) in [6.07, 6.45) is 5.54. The zero-order chi connectivity index (χ0) is 21.1. The predicted molar refractivity (Wildman–Crippen MR) is 117 cm³/mol. The van der Waals surface area contributed by atoms with Crippen LogP contribution in [0.15, 0.2) is 42.6 Å². The van der Waals surface area contributed by atoms with Gasteiger partial charge in [0.2, 0.25) is 5.88 Å². The van der Waals surface area contributed by atoms with Crippen molar-refractivity contribution in [3.8, 4) is 5.88 Å². The molecule has 6 heteroatoms. The maximum Gasteiger partial charge on any atom is 0.210 e. The molecule has 0 fully saturated rings. The van der Waals surface area contributed by atoms with Crippen molar-refractivity contribution < 1.29 is 20.1 Å². The fourth-order valence-electron chi connectivity index (χ4n) is 2.84. The molecule has 29 heavy (non-hydrogen) atoms. The molecule has 0 radical (unpaired) electrons. The van der Waals surface area contributed by atoms with Crippen LogP contribution in [0.2, 0.25) is 0 Å². The molecule has 6 nitrogen and oxygen atoms in total. The molecule has 1 aromatic heterocycles. The van der Waals surface area contributed by atoms with Crippen LogP contribution >= 0.6 is 0 Å². The van der Waals surface area contributed by atoms with Gasteiger partial charge in [-0.25, -0.2) is 4.98 Å². The number of aromatic hydroxyl groups is 1. The number of hydrogen-bond acceptors (Lipinski definition) is 6. The van der Waals surface area contributed by atoms with E-state index in [1.165, 1.54) is 0 Å². The largest absolute Gasteiger partial charge is 0.493 e. The molecule has 1 unspecified atom stereocenters. The summed E-state index contributed by atoms with van der Waals surface area (Å²) in [7, 11) is 0. The van der Waals surface area contributed by atoms with Gasteiger partial charge in [0.1, 0.15) is 0 Å². The van der Waals surface area contributed by atoms with Crippen molar-refractivity contribution in [2.45, 2.75) is 13.8 Å². The van der Waals surface area contributed by atoms with Gasteiger partial charge < -0.3 is 25.0 Å². The summed E-state index contributed by atoms with van der Waals surface area (Å²) in [5, 5.41) is 28.0. The van der Waals surface area contributed by atoms with E-state index in [9.17, 15) is 15.3 Å². The Bertz CT molecular complexity index is 730. The molecule has 2 rings (SSSR count). The number of benzene rings is 1. The minimum Gasteiger partial charge on any atom is -0.493 e. The Morgan fingerprint density at radius 3 is 2.28 bits per heavy atom. The predicted octanol–water partition coefficient (Wildman–Crippen LogP) is 3.04. The second-order valence-corrected chi connectivity index (χ2v) is 7.35. The minimum atomic E-state index is 0.00976. The van der Waals surface area contributed by atoms with Gasteiger partial charge in [0.25, 0.3) is 0 Å². The van der Waals surface area contributed by atoms with Crippen LogP contribution in [0.4, 0.5) is 5.69 Å². The van der Waals surface area contributed by atoms with Gasteiger partial charge in [-0.15, -0.1) is 0 Å². The van der Waals surface area contributed by atoms with Gasteiger partial charge in [0, 0.05) is 43.6 Å². The van der Waals surface area contributed by atoms with Crippen LogP contribution in [0.1, 0.15) is 25.0 Å². The number of ether oxygens (including phenoxy) is 1. The maximum absolute atomic E-state index is 9.39. The lowest BCUT2D eigenvalue weighted by Gasteiger charge is -2.25. The summed E-state index contributed by atoms with van der Waals surface area (Å²) in [6.45, 7) is 6.65. The minimum absolute atomic E-state index is 0.00976. The zero-order valence-corrected chi connectivity index (χ0v) is 17.2. The SMILES string of the molecule is CC(C)C(CO)COCCN(CCO)c1ccc(/C=C/c2ccc(O)nc2)cc1. The summed E-state index contributed by atoms with van der Waals surface area (Å²) in [4.78, 5) is 5.94. The number of aliphatic hydroxyl groups is 2. The highest BCUT2D eigenvalue weighted by atomic mass is 16.5. The van der Waals surface area contributed by atoms with E-state index in [2.05, 4.69) is 23.7 Å². The lowest BCUT2D eigenvalue weighted by atomic mass is 9.98. The number of aliphatic hydroxyl groups excluding tert-OH is 2. The number of hydrogen-bond donors (Lipinski definition) is 3. The Hall–Kier alpha value is -2.41. The molecule has 3 N–H and O–H groups in total. The number of pyridine rings is 1. The molecule has 158 valence electrons. The lowest BCUT2D eigenvalue weighted by Crippen LogP contribution is -2.31. The molecule has 0 saturated heterocycles. The Labute approximate surface area is 173 Å². The van der Waals surface area contributed by atoms with Crippen molar-refractivity contribution in [1.29, 1.82) is 0 Å². The third kappa shape index (κ3) is 7.85. The van der Waals surface area contributed by atoms with Crippen molar-refractivity contribution in [3.63, 3.8) is 0 Å². The average molecular weight is 401 g/mol. The van der Waals surface area contributed by atoms with E-state index in [1.807, 2.05) is 36.4 Å². The van der Waals surface area contributed by atoms with Crippen LogP contribution in [-0.4, -0.2) is 59.8 Å². The van der Waals surface area contributed by atoms with Gasteiger partial charge in [0.05, 0.1) is 19.8 Å². The van der Waals surface area contributed by atoms with Crippen molar-refractivity contribution in [3.05, 3.63) is 53.7 Å². The molecule has 0 aliphatic rings. The third-order valence-electron chi connectivity index (χ3n) is 4.88. The zero-order valence-electron chi connectivity index (χ0n) is 17.2. The topological polar surface area (TPSA) is 86.1 Å². The highest BCUT2D eigenvalue weighted by Gasteiger charge is 2.12. The quantitative estimate of drug-likeness (QED) is 0.475. The van der Waals surface area contributed by atoms with E-state index < -0.39 is 0 Å². The maximum atomic E-state index is 9.39. The fraction of sp³-hybridized carbons (Fsp3) is 0.435. The molecule has 0 aliphatic carbocycles. The Balaban J connectivity index is 1.90. The summed E-state index contributed by atoms with van der Waals surface area (Å²) < 4.78 is 5.75. The molecule has 0 amide bonds. The molecule has 1 heterocycles. The monoisotopic (exact) mass is 400 g/mol. The normalized spacial score (nSPS) is 12.6. The molecule has 0 bridgehead atoms. The van der Waals surface area contributed by atoms with Gasteiger partial charge in [-0.05, 0) is 35.2 Å². The van der Waals surface area contributed by atoms with Gasteiger partial charge in [-0.2, -0.15) is 0 Å². The molecule has 1 atom stereocenters. The van der Waals surface area contributed by atoms with Crippen molar-refractivity contribution >= 4 is 17.8 Å². The van der Waals surface area contributed by atoms with Crippen molar-refractivity contribution in [2.24, 2.45) is 11.8 Å². The van der Waals surface area contributed by atoms with Gasteiger partial charge >= 0.3 is 0 Å². The molecule has 0 saturated carbocycles. The molecular formula is C23H32N2O4. The van der Waals surface area contributed by atoms with Crippen LogP contribution in [0.25, 0.3) is 12.2 Å². The van der Waals surface area contributed by atoms with Crippen LogP contribution in [0.3, 0.4) is 0 Å². The molecule has 0 aliphatic heterocycles. The van der Waals surface area contributed by atoms with Crippen LogP contribution in [0.5, 0.6) is 5.88 Å². The van der Waals surface area contributed by atoms with Gasteiger partial charge in [-0.3, -0.25) is 0 Å². The van der Waals surface area contributed by atoms with E-state index in [0.717, 1.165) is 16.8 Å². The van der Waals surface area contributed by atoms with Crippen molar-refractivity contribution in [1.82, 2.24) is 4.98 Å². The van der Waals surface area contributed by atoms with Gasteiger partial charge in [-0.1, -0.05) is 38.1 Å². The first-order valence-corrected chi connectivity index (χ1v) is 10.0. The van der Waals surface area contributed by atoms with E-state index in [-0.39, 0.29) is 25.0 Å². The number of aromatic nitrogens is 1. The summed E-state index contributed by atoms with van der Waals surface area (Å²) in [5.74, 6) is 0.540. The first-order chi connectivity index (χ1) is 14.0. The Morgan fingerprint density at radius 2 is 1.69 bits per heavy atom. The molecule has 2 aromatic rings. The average Bonchev–Trinajstić information content (AvgIpc) is 2.72. The van der Waals surface area contributed by atoms with E-state index in [0.29, 0.717) is 32.2 Å². The summed E-state index contributed by atoms with van der Waals surface area (Å²) in [6, 6.07) is 11.4. The smallest absolute Gasteiger partial charge is 0.210 e. The van der Waals surface area contributed by atoms with E-state index in [4.69, 9.17) is 4.74 Å². The number of rotatable bonds is 12. The molecule has 0 spiro atoms. The van der Waals surface area contributed by atoms with E-state index >= 15 is 0 Å². The first kappa shape index (κ1) is 22.9. The highest BCUT2D eigenvalue weighted by Crippen LogP contribution is 2.17. The Kier molecular flexibility index (Phi) is 9.64. The fourth-order valence-corrected chi connectivity index (χ4v) is 2.84. The number of anilines is 1. The lowest BCUT2D eigenvalue weighted by molar-refractivity contribution is 0.0569. The van der Waals surface area contributed by atoms with Gasteiger partial charge in [0.15, 0.2) is 0 Å². The summed E-state index contributed by atoms with van der Waals surface area (Å²) >= 11 is 0. The van der Waals surface area contributed by atoms with E-state index in [1.54, 1.807) is 18.3 Å². The second-order valence-electron chi connectivity index (χ2n) is 7.35. The van der Waals surface area contributed by atoms with Crippen molar-refractivity contribution in [2.75, 3.05) is 44.4 Å². The highest BCUT2D eigenvalue weighted by molar-refractivity contribution is 5.70. The standard InChI is InChI=1S/C23H32N2O4/c1-18(2)21(16-27)17-29-14-12-25(11-13-26)22-8-5-19(6-9-22)3-4-20-7-10-23(28)24-15-20/h3-10,15,18,21,26-27H,11-14,16-17H2,1-2H3,(H,24,28)/b4-3+. The first-order valence-electron chi connectivity index (χ1n) is 10.0. The Morgan fingerprint density at radius 1 is 1.00 bits per heavy atom.